The first-order chi connectivity index (χ1) is 27.0. The fourth-order valence-electron chi connectivity index (χ4n) is 7.21. The van der Waals surface area contributed by atoms with Gasteiger partial charge >= 0.3 is 6.09 Å². The van der Waals surface area contributed by atoms with Crippen LogP contribution in [0.15, 0.2) is 72.8 Å². The SMILES string of the molecule is CC(C)(C)OC(=O)NC[C@H]1CC[C@H](C(=O)NC(Cc2ccc(-c3ccc(C(=O)NCCN4CCCC4)cc3)cc2)C(=O)Nc2ccc(-c3nnn[nH]3)cc2)CC1. The summed E-state index contributed by atoms with van der Waals surface area (Å²) in [5, 5.41) is 25.8. The normalized spacial score (nSPS) is 17.8. The van der Waals surface area contributed by atoms with Gasteiger partial charge in [-0.25, -0.2) is 9.89 Å². The lowest BCUT2D eigenvalue weighted by Crippen LogP contribution is -2.48. The molecule has 6 rings (SSSR count). The van der Waals surface area contributed by atoms with Crippen molar-refractivity contribution in [3.05, 3.63) is 83.9 Å². The van der Waals surface area contributed by atoms with Crippen LogP contribution < -0.4 is 21.3 Å². The number of hydrogen-bond donors (Lipinski definition) is 5. The third kappa shape index (κ3) is 11.7. The van der Waals surface area contributed by atoms with E-state index >= 15 is 0 Å². The zero-order chi connectivity index (χ0) is 39.5. The highest BCUT2D eigenvalue weighted by Gasteiger charge is 2.30. The summed E-state index contributed by atoms with van der Waals surface area (Å²) >= 11 is 0. The molecule has 2 heterocycles. The molecule has 1 unspecified atom stereocenters. The molecule has 1 atom stereocenters. The van der Waals surface area contributed by atoms with Gasteiger partial charge in [0.1, 0.15) is 11.6 Å². The number of carbonyl (C=O) groups is 4. The predicted octanol–water partition coefficient (Wildman–Crippen LogP) is 5.36. The van der Waals surface area contributed by atoms with Gasteiger partial charge in [-0.3, -0.25) is 14.4 Å². The van der Waals surface area contributed by atoms with Gasteiger partial charge in [-0.1, -0.05) is 36.4 Å². The fourth-order valence-corrected chi connectivity index (χ4v) is 7.21. The highest BCUT2D eigenvalue weighted by atomic mass is 16.6. The van der Waals surface area contributed by atoms with Gasteiger partial charge in [-0.15, -0.1) is 5.10 Å². The summed E-state index contributed by atoms with van der Waals surface area (Å²) in [7, 11) is 0. The number of nitrogens with one attached hydrogen (secondary N) is 5. The maximum atomic E-state index is 13.8. The minimum Gasteiger partial charge on any atom is -0.444 e. The van der Waals surface area contributed by atoms with Gasteiger partial charge in [-0.2, -0.15) is 0 Å². The van der Waals surface area contributed by atoms with E-state index in [1.807, 2.05) is 69.3 Å². The number of rotatable bonds is 14. The van der Waals surface area contributed by atoms with Crippen molar-refractivity contribution in [2.24, 2.45) is 11.8 Å². The smallest absolute Gasteiger partial charge is 0.407 e. The van der Waals surface area contributed by atoms with Gasteiger partial charge in [0.15, 0.2) is 5.82 Å². The topological polar surface area (TPSA) is 183 Å². The van der Waals surface area contributed by atoms with E-state index in [4.69, 9.17) is 4.74 Å². The van der Waals surface area contributed by atoms with E-state index in [0.29, 0.717) is 43.0 Å². The summed E-state index contributed by atoms with van der Waals surface area (Å²) in [4.78, 5) is 54.7. The number of alkyl carbamates (subject to hydrolysis) is 1. The standard InChI is InChI=1S/C42H53N9O5/c1-42(2,3)56-41(55)44-27-29-8-12-34(13-9-29)39(53)46-36(40(54)45-35-20-18-32(19-21-35)37-47-49-50-48-37)26-28-6-10-30(11-7-28)31-14-16-33(17-15-31)38(52)43-22-25-51-23-4-5-24-51/h6-7,10-11,14-21,29,34,36H,4-5,8-9,12-13,22-27H2,1-3H3,(H,43,52)(H,44,55)(H,45,54)(H,46,53)(H,47,48,49,50)/t29-,34-,36?. The number of benzene rings is 3. The van der Waals surface area contributed by atoms with Gasteiger partial charge < -0.3 is 30.9 Å². The van der Waals surface area contributed by atoms with E-state index in [1.54, 1.807) is 24.3 Å². The number of H-pyrrole nitrogens is 1. The van der Waals surface area contributed by atoms with Crippen molar-refractivity contribution in [2.45, 2.75) is 77.4 Å². The van der Waals surface area contributed by atoms with Crippen LogP contribution in [0.5, 0.6) is 0 Å². The minimum absolute atomic E-state index is 0.0798. The molecule has 0 bridgehead atoms. The highest BCUT2D eigenvalue weighted by molar-refractivity contribution is 5.98. The van der Waals surface area contributed by atoms with Crippen LogP contribution in [0.25, 0.3) is 22.5 Å². The number of hydrogen-bond acceptors (Lipinski definition) is 9. The molecular weight excluding hydrogens is 711 g/mol. The van der Waals surface area contributed by atoms with Crippen molar-refractivity contribution in [1.29, 1.82) is 0 Å². The monoisotopic (exact) mass is 763 g/mol. The number of aromatic amines is 1. The summed E-state index contributed by atoms with van der Waals surface area (Å²) in [5.74, 6) is -0.0525. The van der Waals surface area contributed by atoms with Crippen LogP contribution in [-0.4, -0.2) is 93.7 Å². The number of likely N-dealkylation sites (tertiary alicyclic amines) is 1. The summed E-state index contributed by atoms with van der Waals surface area (Å²) in [6.07, 6.45) is 5.18. The highest BCUT2D eigenvalue weighted by Crippen LogP contribution is 2.29. The Morgan fingerprint density at radius 2 is 1.48 bits per heavy atom. The molecule has 1 saturated heterocycles. The quantitative estimate of drug-likeness (QED) is 0.113. The van der Waals surface area contributed by atoms with Gasteiger partial charge in [-0.05, 0) is 142 Å². The van der Waals surface area contributed by atoms with E-state index in [1.165, 1.54) is 12.8 Å². The van der Waals surface area contributed by atoms with Crippen LogP contribution in [0, 0.1) is 11.8 Å². The molecule has 5 N–H and O–H groups in total. The molecule has 296 valence electrons. The number of aromatic nitrogens is 4. The van der Waals surface area contributed by atoms with E-state index in [9.17, 15) is 19.2 Å². The van der Waals surface area contributed by atoms with Crippen molar-refractivity contribution in [1.82, 2.24) is 41.5 Å². The molecule has 1 aliphatic heterocycles. The Balaban J connectivity index is 1.06. The summed E-state index contributed by atoms with van der Waals surface area (Å²) < 4.78 is 5.36. The zero-order valence-corrected chi connectivity index (χ0v) is 32.5. The van der Waals surface area contributed by atoms with Crippen molar-refractivity contribution < 1.29 is 23.9 Å². The summed E-state index contributed by atoms with van der Waals surface area (Å²) in [5.41, 5.74) is 4.21. The summed E-state index contributed by atoms with van der Waals surface area (Å²) in [6.45, 7) is 9.68. The largest absolute Gasteiger partial charge is 0.444 e. The van der Waals surface area contributed by atoms with Crippen LogP contribution in [-0.2, 0) is 20.7 Å². The number of amides is 4. The lowest BCUT2D eigenvalue weighted by Gasteiger charge is -2.29. The third-order valence-electron chi connectivity index (χ3n) is 10.3. The van der Waals surface area contributed by atoms with E-state index in [0.717, 1.165) is 54.7 Å². The fraction of sp³-hybridized carbons (Fsp3) is 0.452. The number of carbonyl (C=O) groups excluding carboxylic acids is 4. The Labute approximate surface area is 327 Å². The van der Waals surface area contributed by atoms with E-state index in [2.05, 4.69) is 46.8 Å². The van der Waals surface area contributed by atoms with Gasteiger partial charge in [0.25, 0.3) is 5.91 Å². The molecule has 14 nitrogen and oxygen atoms in total. The van der Waals surface area contributed by atoms with Crippen molar-refractivity contribution in [3.8, 4) is 22.5 Å². The molecule has 1 saturated carbocycles. The average Bonchev–Trinajstić information content (AvgIpc) is 3.93. The molecule has 2 aliphatic rings. The second kappa shape index (κ2) is 18.8. The molecular formula is C42H53N9O5. The Kier molecular flexibility index (Phi) is 13.4. The van der Waals surface area contributed by atoms with E-state index < -0.39 is 17.7 Å². The predicted molar refractivity (Wildman–Crippen MR) is 213 cm³/mol. The molecule has 1 aliphatic carbocycles. The first-order valence-electron chi connectivity index (χ1n) is 19.6. The first-order valence-corrected chi connectivity index (χ1v) is 19.6. The molecule has 0 radical (unpaired) electrons. The van der Waals surface area contributed by atoms with Crippen LogP contribution >= 0.6 is 0 Å². The molecule has 1 aromatic heterocycles. The number of anilines is 1. The van der Waals surface area contributed by atoms with Crippen LogP contribution in [0.2, 0.25) is 0 Å². The molecule has 4 amide bonds. The molecule has 56 heavy (non-hydrogen) atoms. The van der Waals surface area contributed by atoms with Gasteiger partial charge in [0, 0.05) is 48.8 Å². The van der Waals surface area contributed by atoms with Crippen molar-refractivity contribution in [3.63, 3.8) is 0 Å². The summed E-state index contributed by atoms with van der Waals surface area (Å²) in [6, 6.07) is 21.7. The second-order valence-corrected chi connectivity index (χ2v) is 15.8. The molecule has 14 heteroatoms. The van der Waals surface area contributed by atoms with E-state index in [-0.39, 0.29) is 36.0 Å². The Morgan fingerprint density at radius 1 is 0.839 bits per heavy atom. The molecule has 0 spiro atoms. The molecule has 4 aromatic rings. The maximum absolute atomic E-state index is 13.8. The van der Waals surface area contributed by atoms with Crippen molar-refractivity contribution in [2.75, 3.05) is 38.0 Å². The van der Waals surface area contributed by atoms with Crippen LogP contribution in [0.4, 0.5) is 10.5 Å². The lowest BCUT2D eigenvalue weighted by atomic mass is 9.81. The second-order valence-electron chi connectivity index (χ2n) is 15.8. The Morgan fingerprint density at radius 3 is 2.11 bits per heavy atom. The molecule has 2 fully saturated rings. The van der Waals surface area contributed by atoms with Crippen molar-refractivity contribution >= 4 is 29.5 Å². The number of nitrogens with zero attached hydrogens (tertiary/aromatic N) is 4. The first kappa shape index (κ1) is 40.0. The van der Waals surface area contributed by atoms with Gasteiger partial charge in [0.05, 0.1) is 0 Å². The third-order valence-corrected chi connectivity index (χ3v) is 10.3. The minimum atomic E-state index is -0.832. The van der Waals surface area contributed by atoms with Gasteiger partial charge in [0.2, 0.25) is 11.8 Å². The lowest BCUT2D eigenvalue weighted by molar-refractivity contribution is -0.130. The molecule has 3 aromatic carbocycles. The average molecular weight is 764 g/mol. The Bertz CT molecular complexity index is 1900. The Hall–Kier alpha value is -5.63. The number of tetrazole rings is 1. The zero-order valence-electron chi connectivity index (χ0n) is 32.5. The van der Waals surface area contributed by atoms with Crippen LogP contribution in [0.1, 0.15) is 75.2 Å². The van der Waals surface area contributed by atoms with Crippen LogP contribution in [0.3, 0.4) is 0 Å². The number of ether oxygens (including phenoxy) is 1. The maximum Gasteiger partial charge on any atom is 0.407 e.